The van der Waals surface area contributed by atoms with Crippen molar-refractivity contribution in [3.63, 3.8) is 0 Å². The van der Waals surface area contributed by atoms with Gasteiger partial charge in [0.1, 0.15) is 6.61 Å². The normalized spacial score (nSPS) is 13.1. The Kier molecular flexibility index (Phi) is 53.0. The molecule has 0 aliphatic heterocycles. The van der Waals surface area contributed by atoms with Gasteiger partial charge in [-0.1, -0.05) is 214 Å². The van der Waals surface area contributed by atoms with Gasteiger partial charge in [-0.3, -0.25) is 9.59 Å². The summed E-state index contributed by atoms with van der Waals surface area (Å²) in [6.45, 7) is 7.50. The fraction of sp³-hybridized carbons (Fsp3) is 0.672. The lowest BCUT2D eigenvalue weighted by Crippen LogP contribution is -2.30. The smallest absolute Gasteiger partial charge is 0.306 e. The van der Waals surface area contributed by atoms with Crippen LogP contribution in [0.4, 0.5) is 0 Å². The maximum atomic E-state index is 12.8. The first-order chi connectivity index (χ1) is 32.6. The largest absolute Gasteiger partial charge is 0.462 e. The van der Waals surface area contributed by atoms with E-state index in [1.165, 1.54) is 103 Å². The average molecular weight is 915 g/mol. The Morgan fingerprint density at radius 3 is 1.11 bits per heavy atom. The number of allylic oxidation sites excluding steroid dienone is 18. The van der Waals surface area contributed by atoms with Crippen LogP contribution in [0.15, 0.2) is 109 Å². The van der Waals surface area contributed by atoms with E-state index in [-0.39, 0.29) is 25.2 Å². The first kappa shape index (κ1) is 62.6. The second kappa shape index (κ2) is 55.9. The monoisotopic (exact) mass is 915 g/mol. The van der Waals surface area contributed by atoms with E-state index in [4.69, 9.17) is 14.2 Å². The highest BCUT2D eigenvalue weighted by Crippen LogP contribution is 2.14. The molecule has 376 valence electrons. The van der Waals surface area contributed by atoms with E-state index in [0.29, 0.717) is 19.4 Å². The summed E-state index contributed by atoms with van der Waals surface area (Å²) in [6.07, 6.45) is 76.9. The zero-order valence-corrected chi connectivity index (χ0v) is 43.2. The van der Waals surface area contributed by atoms with Crippen LogP contribution in [-0.2, 0) is 23.8 Å². The summed E-state index contributed by atoms with van der Waals surface area (Å²) in [4.78, 5) is 25.4. The summed E-state index contributed by atoms with van der Waals surface area (Å²) >= 11 is 0. The fourth-order valence-electron chi connectivity index (χ4n) is 7.25. The number of hydrogen-bond donors (Lipinski definition) is 0. The van der Waals surface area contributed by atoms with Gasteiger partial charge in [0.25, 0.3) is 0 Å². The van der Waals surface area contributed by atoms with Crippen molar-refractivity contribution in [2.45, 2.75) is 245 Å². The Labute approximate surface area is 408 Å². The minimum Gasteiger partial charge on any atom is -0.462 e. The van der Waals surface area contributed by atoms with Crippen molar-refractivity contribution in [3.05, 3.63) is 109 Å². The number of rotatable bonds is 49. The maximum absolute atomic E-state index is 12.8. The predicted octanol–water partition coefficient (Wildman–Crippen LogP) is 18.8. The summed E-state index contributed by atoms with van der Waals surface area (Å²) in [7, 11) is 0. The number of carbonyl (C=O) groups is 2. The molecule has 1 atom stereocenters. The van der Waals surface area contributed by atoms with E-state index in [1.54, 1.807) is 0 Å². The molecule has 5 nitrogen and oxygen atoms in total. The SMILES string of the molecule is CC/C=C\C/C=C\C/C=C\C/C=C\CCCCC(=O)OCC(COCCCCCCCCCCCC/C=C\CCCCCCCC)OC(=O)CCCC/C=C\C/C=C\C/C=C\C/C=C\CC. The zero-order valence-electron chi connectivity index (χ0n) is 43.2. The zero-order chi connectivity index (χ0) is 47.7. The number of carbonyl (C=O) groups excluding carboxylic acids is 2. The molecule has 0 spiro atoms. The van der Waals surface area contributed by atoms with E-state index in [0.717, 1.165) is 103 Å². The molecule has 0 aromatic rings. The molecular formula is C61H102O5. The molecule has 0 radical (unpaired) electrons. The molecule has 0 aliphatic rings. The van der Waals surface area contributed by atoms with Gasteiger partial charge in [0.15, 0.2) is 6.10 Å². The highest BCUT2D eigenvalue weighted by atomic mass is 16.6. The van der Waals surface area contributed by atoms with Crippen LogP contribution in [-0.4, -0.2) is 37.9 Å². The van der Waals surface area contributed by atoms with Crippen molar-refractivity contribution in [1.29, 1.82) is 0 Å². The lowest BCUT2D eigenvalue weighted by molar-refractivity contribution is -0.163. The lowest BCUT2D eigenvalue weighted by atomic mass is 10.1. The Bertz CT molecular complexity index is 1310. The molecule has 0 heterocycles. The van der Waals surface area contributed by atoms with Crippen LogP contribution >= 0.6 is 0 Å². The number of esters is 2. The van der Waals surface area contributed by atoms with Crippen molar-refractivity contribution in [3.8, 4) is 0 Å². The van der Waals surface area contributed by atoms with Gasteiger partial charge in [0.2, 0.25) is 0 Å². The third kappa shape index (κ3) is 53.2. The van der Waals surface area contributed by atoms with Crippen molar-refractivity contribution < 1.29 is 23.8 Å². The molecule has 66 heavy (non-hydrogen) atoms. The summed E-state index contributed by atoms with van der Waals surface area (Å²) < 4.78 is 17.4. The van der Waals surface area contributed by atoms with Crippen LogP contribution in [0.2, 0.25) is 0 Å². The van der Waals surface area contributed by atoms with Crippen LogP contribution < -0.4 is 0 Å². The van der Waals surface area contributed by atoms with Crippen LogP contribution in [0.3, 0.4) is 0 Å². The average Bonchev–Trinajstić information content (AvgIpc) is 3.32. The molecule has 0 N–H and O–H groups in total. The molecular weight excluding hydrogens is 813 g/mol. The molecule has 0 aromatic carbocycles. The van der Waals surface area contributed by atoms with E-state index in [2.05, 4.69) is 130 Å². The molecule has 0 fully saturated rings. The van der Waals surface area contributed by atoms with E-state index >= 15 is 0 Å². The van der Waals surface area contributed by atoms with Crippen molar-refractivity contribution in [1.82, 2.24) is 0 Å². The Morgan fingerprint density at radius 2 is 0.682 bits per heavy atom. The second-order valence-electron chi connectivity index (χ2n) is 17.7. The van der Waals surface area contributed by atoms with E-state index in [1.807, 2.05) is 0 Å². The molecule has 0 aliphatic carbocycles. The molecule has 0 amide bonds. The molecule has 0 saturated heterocycles. The Morgan fingerprint density at radius 1 is 0.348 bits per heavy atom. The summed E-state index contributed by atoms with van der Waals surface area (Å²) in [5, 5.41) is 0. The summed E-state index contributed by atoms with van der Waals surface area (Å²) in [5.74, 6) is -0.497. The quantitative estimate of drug-likeness (QED) is 0.0346. The molecule has 5 heteroatoms. The Hall–Kier alpha value is -3.44. The minimum absolute atomic E-state index is 0.0410. The van der Waals surface area contributed by atoms with Gasteiger partial charge in [0.05, 0.1) is 6.61 Å². The summed E-state index contributed by atoms with van der Waals surface area (Å²) in [6, 6.07) is 0. The Balaban J connectivity index is 4.38. The summed E-state index contributed by atoms with van der Waals surface area (Å²) in [5.41, 5.74) is 0. The van der Waals surface area contributed by atoms with Crippen molar-refractivity contribution in [2.75, 3.05) is 19.8 Å². The first-order valence-corrected chi connectivity index (χ1v) is 27.4. The van der Waals surface area contributed by atoms with Gasteiger partial charge in [-0.2, -0.15) is 0 Å². The second-order valence-corrected chi connectivity index (χ2v) is 17.7. The van der Waals surface area contributed by atoms with E-state index < -0.39 is 6.10 Å². The molecule has 0 bridgehead atoms. The van der Waals surface area contributed by atoms with Crippen LogP contribution in [0.5, 0.6) is 0 Å². The highest BCUT2D eigenvalue weighted by Gasteiger charge is 2.17. The van der Waals surface area contributed by atoms with Gasteiger partial charge in [0, 0.05) is 19.4 Å². The van der Waals surface area contributed by atoms with Crippen LogP contribution in [0.25, 0.3) is 0 Å². The molecule has 0 rings (SSSR count). The maximum Gasteiger partial charge on any atom is 0.306 e. The van der Waals surface area contributed by atoms with Crippen molar-refractivity contribution >= 4 is 11.9 Å². The number of ether oxygens (including phenoxy) is 3. The van der Waals surface area contributed by atoms with Gasteiger partial charge in [-0.15, -0.1) is 0 Å². The highest BCUT2D eigenvalue weighted by molar-refractivity contribution is 5.70. The minimum atomic E-state index is -0.582. The van der Waals surface area contributed by atoms with E-state index in [9.17, 15) is 9.59 Å². The van der Waals surface area contributed by atoms with Gasteiger partial charge >= 0.3 is 11.9 Å². The predicted molar refractivity (Wildman–Crippen MR) is 288 cm³/mol. The topological polar surface area (TPSA) is 61.8 Å². The molecule has 0 aromatic heterocycles. The molecule has 1 unspecified atom stereocenters. The fourth-order valence-corrected chi connectivity index (χ4v) is 7.25. The van der Waals surface area contributed by atoms with Crippen LogP contribution in [0.1, 0.15) is 239 Å². The lowest BCUT2D eigenvalue weighted by Gasteiger charge is -2.18. The van der Waals surface area contributed by atoms with Gasteiger partial charge < -0.3 is 14.2 Å². The van der Waals surface area contributed by atoms with Gasteiger partial charge in [-0.05, 0) is 122 Å². The standard InChI is InChI=1S/C61H102O5/c1-4-7-10-13-16-19-22-25-28-29-30-31-32-35-38-41-44-47-50-53-56-64-57-59(66-61(63)55-52-49-46-43-40-37-34-27-24-21-18-15-12-9-6-3)58-65-60(62)54-51-48-45-42-39-36-33-26-23-20-17-14-11-8-5-2/h8-9,11-12,17-18,20-21,25-28,33-34,39-40,42-43,59H,4-7,10,13-16,19,22-24,29-32,35-38,41,44-58H2,1-3H3/b11-8-,12-9-,20-17-,21-18-,28-25-,33-26-,34-27-,42-39-,43-40-. The first-order valence-electron chi connectivity index (χ1n) is 27.4. The van der Waals surface area contributed by atoms with Crippen molar-refractivity contribution in [2.24, 2.45) is 0 Å². The van der Waals surface area contributed by atoms with Crippen LogP contribution in [0, 0.1) is 0 Å². The van der Waals surface area contributed by atoms with Gasteiger partial charge in [-0.25, -0.2) is 0 Å². The number of unbranched alkanes of at least 4 members (excludes halogenated alkanes) is 20. The molecule has 0 saturated carbocycles. The third-order valence-corrected chi connectivity index (χ3v) is 11.3. The number of hydrogen-bond acceptors (Lipinski definition) is 5. The third-order valence-electron chi connectivity index (χ3n) is 11.3.